The fourth-order valence-electron chi connectivity index (χ4n) is 2.12. The summed E-state index contributed by atoms with van der Waals surface area (Å²) < 4.78 is 24.1. The molecule has 0 aromatic heterocycles. The molecule has 2 aromatic rings. The Balaban J connectivity index is 2.29. The van der Waals surface area contributed by atoms with Gasteiger partial charge in [-0.1, -0.05) is 18.2 Å². The van der Waals surface area contributed by atoms with E-state index >= 15 is 0 Å². The lowest BCUT2D eigenvalue weighted by Gasteiger charge is -2.16. The standard InChI is InChI=1S/C17H20FNO2/c1-11(2)21-14-6-4-5-12(9-14)17(19)13-7-8-15(18)16(10-13)20-3/h4-11,17H,19H2,1-3H3. The topological polar surface area (TPSA) is 44.5 Å². The minimum Gasteiger partial charge on any atom is -0.494 e. The van der Waals surface area contributed by atoms with E-state index in [9.17, 15) is 4.39 Å². The van der Waals surface area contributed by atoms with Crippen LogP contribution in [0.3, 0.4) is 0 Å². The number of methoxy groups -OCH3 is 1. The largest absolute Gasteiger partial charge is 0.494 e. The molecule has 0 aliphatic carbocycles. The Labute approximate surface area is 124 Å². The molecule has 2 rings (SSSR count). The first-order valence-corrected chi connectivity index (χ1v) is 6.87. The SMILES string of the molecule is COc1cc(C(N)c2cccc(OC(C)C)c2)ccc1F. The molecule has 0 saturated heterocycles. The average molecular weight is 289 g/mol. The zero-order chi connectivity index (χ0) is 15.4. The fraction of sp³-hybridized carbons (Fsp3) is 0.294. The maximum absolute atomic E-state index is 13.5. The van der Waals surface area contributed by atoms with Crippen molar-refractivity contribution >= 4 is 0 Å². The molecule has 0 heterocycles. The first-order chi connectivity index (χ1) is 10.0. The average Bonchev–Trinajstić information content (AvgIpc) is 2.46. The van der Waals surface area contributed by atoms with Gasteiger partial charge < -0.3 is 15.2 Å². The predicted octanol–water partition coefficient (Wildman–Crippen LogP) is 3.67. The summed E-state index contributed by atoms with van der Waals surface area (Å²) in [4.78, 5) is 0. The van der Waals surface area contributed by atoms with Crippen LogP contribution in [0.25, 0.3) is 0 Å². The third kappa shape index (κ3) is 3.73. The van der Waals surface area contributed by atoms with Crippen molar-refractivity contribution < 1.29 is 13.9 Å². The van der Waals surface area contributed by atoms with E-state index in [-0.39, 0.29) is 17.9 Å². The molecule has 21 heavy (non-hydrogen) atoms. The van der Waals surface area contributed by atoms with Crippen LogP contribution in [0.4, 0.5) is 4.39 Å². The molecule has 4 heteroatoms. The van der Waals surface area contributed by atoms with Gasteiger partial charge in [-0.05, 0) is 49.2 Å². The van der Waals surface area contributed by atoms with Crippen LogP contribution < -0.4 is 15.2 Å². The van der Waals surface area contributed by atoms with Gasteiger partial charge >= 0.3 is 0 Å². The highest BCUT2D eigenvalue weighted by Gasteiger charge is 2.13. The van der Waals surface area contributed by atoms with Gasteiger partial charge in [0.05, 0.1) is 19.3 Å². The molecule has 2 N–H and O–H groups in total. The Morgan fingerprint density at radius 2 is 1.76 bits per heavy atom. The fourth-order valence-corrected chi connectivity index (χ4v) is 2.12. The Bertz CT molecular complexity index is 613. The molecule has 0 fully saturated rings. The van der Waals surface area contributed by atoms with Gasteiger partial charge in [0.2, 0.25) is 0 Å². The number of hydrogen-bond acceptors (Lipinski definition) is 3. The second-order valence-corrected chi connectivity index (χ2v) is 5.11. The molecule has 0 aliphatic heterocycles. The number of nitrogens with two attached hydrogens (primary N) is 1. The van der Waals surface area contributed by atoms with Crippen molar-refractivity contribution in [1.82, 2.24) is 0 Å². The van der Waals surface area contributed by atoms with E-state index in [4.69, 9.17) is 15.2 Å². The minimum atomic E-state index is -0.398. The van der Waals surface area contributed by atoms with Crippen LogP contribution in [-0.4, -0.2) is 13.2 Å². The molecule has 1 unspecified atom stereocenters. The second-order valence-electron chi connectivity index (χ2n) is 5.11. The molecule has 112 valence electrons. The molecule has 0 bridgehead atoms. The summed E-state index contributed by atoms with van der Waals surface area (Å²) in [5.41, 5.74) is 7.95. The first kappa shape index (κ1) is 15.3. The van der Waals surface area contributed by atoms with E-state index in [0.717, 1.165) is 16.9 Å². The summed E-state index contributed by atoms with van der Waals surface area (Å²) >= 11 is 0. The lowest BCUT2D eigenvalue weighted by Crippen LogP contribution is -2.13. The van der Waals surface area contributed by atoms with Gasteiger partial charge in [0.15, 0.2) is 11.6 Å². The van der Waals surface area contributed by atoms with Crippen LogP contribution in [0.15, 0.2) is 42.5 Å². The highest BCUT2D eigenvalue weighted by atomic mass is 19.1. The number of hydrogen-bond donors (Lipinski definition) is 1. The second kappa shape index (κ2) is 6.59. The van der Waals surface area contributed by atoms with Crippen molar-refractivity contribution in [2.45, 2.75) is 26.0 Å². The summed E-state index contributed by atoms with van der Waals surface area (Å²) in [6, 6.07) is 11.9. The van der Waals surface area contributed by atoms with Crippen molar-refractivity contribution in [3.05, 3.63) is 59.4 Å². The Morgan fingerprint density at radius 1 is 1.05 bits per heavy atom. The maximum atomic E-state index is 13.5. The van der Waals surface area contributed by atoms with Gasteiger partial charge in [-0.15, -0.1) is 0 Å². The molecule has 1 atom stereocenters. The summed E-state index contributed by atoms with van der Waals surface area (Å²) in [5, 5.41) is 0. The van der Waals surface area contributed by atoms with Crippen LogP contribution in [0.5, 0.6) is 11.5 Å². The van der Waals surface area contributed by atoms with Gasteiger partial charge in [-0.25, -0.2) is 4.39 Å². The van der Waals surface area contributed by atoms with Crippen molar-refractivity contribution in [1.29, 1.82) is 0 Å². The van der Waals surface area contributed by atoms with E-state index < -0.39 is 5.82 Å². The minimum absolute atomic E-state index is 0.0994. The first-order valence-electron chi connectivity index (χ1n) is 6.87. The molecule has 0 spiro atoms. The molecule has 0 aliphatic rings. The van der Waals surface area contributed by atoms with E-state index in [1.165, 1.54) is 13.2 Å². The smallest absolute Gasteiger partial charge is 0.165 e. The quantitative estimate of drug-likeness (QED) is 0.913. The van der Waals surface area contributed by atoms with Crippen molar-refractivity contribution in [3.63, 3.8) is 0 Å². The number of halogens is 1. The number of rotatable bonds is 5. The third-order valence-electron chi connectivity index (χ3n) is 3.12. The van der Waals surface area contributed by atoms with Crippen molar-refractivity contribution in [2.24, 2.45) is 5.73 Å². The summed E-state index contributed by atoms with van der Waals surface area (Å²) in [6.45, 7) is 3.94. The summed E-state index contributed by atoms with van der Waals surface area (Å²) in [7, 11) is 1.44. The molecule has 0 amide bonds. The van der Waals surface area contributed by atoms with Gasteiger partial charge in [-0.3, -0.25) is 0 Å². The van der Waals surface area contributed by atoms with Crippen molar-refractivity contribution in [2.75, 3.05) is 7.11 Å². The van der Waals surface area contributed by atoms with Gasteiger partial charge in [0, 0.05) is 0 Å². The predicted molar refractivity (Wildman–Crippen MR) is 81.2 cm³/mol. The van der Waals surface area contributed by atoms with E-state index in [1.54, 1.807) is 12.1 Å². The molecule has 3 nitrogen and oxygen atoms in total. The molecular weight excluding hydrogens is 269 g/mol. The summed E-state index contributed by atoms with van der Waals surface area (Å²) in [5.74, 6) is 0.565. The Morgan fingerprint density at radius 3 is 2.43 bits per heavy atom. The molecular formula is C17H20FNO2. The zero-order valence-electron chi connectivity index (χ0n) is 12.5. The van der Waals surface area contributed by atoms with Crippen LogP contribution in [0.1, 0.15) is 31.0 Å². The number of ether oxygens (including phenoxy) is 2. The highest BCUT2D eigenvalue weighted by molar-refractivity contribution is 5.39. The monoisotopic (exact) mass is 289 g/mol. The van der Waals surface area contributed by atoms with Crippen LogP contribution >= 0.6 is 0 Å². The lowest BCUT2D eigenvalue weighted by molar-refractivity contribution is 0.242. The van der Waals surface area contributed by atoms with E-state index in [2.05, 4.69) is 0 Å². The van der Waals surface area contributed by atoms with E-state index in [1.807, 2.05) is 38.1 Å². The van der Waals surface area contributed by atoms with Gasteiger partial charge in [0.1, 0.15) is 5.75 Å². The van der Waals surface area contributed by atoms with Crippen molar-refractivity contribution in [3.8, 4) is 11.5 Å². The van der Waals surface area contributed by atoms with Crippen LogP contribution in [0.2, 0.25) is 0 Å². The highest BCUT2D eigenvalue weighted by Crippen LogP contribution is 2.27. The third-order valence-corrected chi connectivity index (χ3v) is 3.12. The van der Waals surface area contributed by atoms with Crippen LogP contribution in [-0.2, 0) is 0 Å². The van der Waals surface area contributed by atoms with Crippen LogP contribution in [0, 0.1) is 5.82 Å². The Hall–Kier alpha value is -2.07. The molecule has 0 radical (unpaired) electrons. The number of benzene rings is 2. The molecule has 2 aromatic carbocycles. The normalized spacial score (nSPS) is 12.3. The van der Waals surface area contributed by atoms with Gasteiger partial charge in [0.25, 0.3) is 0 Å². The zero-order valence-corrected chi connectivity index (χ0v) is 12.5. The van der Waals surface area contributed by atoms with E-state index in [0.29, 0.717) is 0 Å². The lowest BCUT2D eigenvalue weighted by atomic mass is 9.99. The van der Waals surface area contributed by atoms with Gasteiger partial charge in [-0.2, -0.15) is 0 Å². The maximum Gasteiger partial charge on any atom is 0.165 e. The summed E-state index contributed by atoms with van der Waals surface area (Å²) in [6.07, 6.45) is 0.0994. The molecule has 0 saturated carbocycles. The Kier molecular flexibility index (Phi) is 4.81.